The third-order valence-electron chi connectivity index (χ3n) is 2.61. The summed E-state index contributed by atoms with van der Waals surface area (Å²) in [6, 6.07) is 0. The molecule has 1 atom stereocenters. The first-order chi connectivity index (χ1) is 7.15. The summed E-state index contributed by atoms with van der Waals surface area (Å²) >= 11 is 0. The molecule has 0 saturated carbocycles. The molecule has 0 radical (unpaired) electrons. The predicted molar refractivity (Wildman–Crippen MR) is 54.3 cm³/mol. The van der Waals surface area contributed by atoms with Crippen molar-refractivity contribution in [2.75, 3.05) is 13.1 Å². The molecule has 0 spiro atoms. The monoisotopic (exact) mass is 211 g/mol. The number of nitrogens with zero attached hydrogens (tertiary/aromatic N) is 3. The van der Waals surface area contributed by atoms with E-state index in [1.807, 2.05) is 13.8 Å². The highest BCUT2D eigenvalue weighted by Crippen LogP contribution is 2.14. The Hall–Kier alpha value is -0.940. The molecule has 0 aliphatic carbocycles. The molecule has 0 amide bonds. The molecule has 1 aromatic rings. The Morgan fingerprint density at radius 3 is 2.93 bits per heavy atom. The van der Waals surface area contributed by atoms with Gasteiger partial charge in [0.1, 0.15) is 0 Å². The Balaban J connectivity index is 1.93. The summed E-state index contributed by atoms with van der Waals surface area (Å²) < 4.78 is 5.14. The van der Waals surface area contributed by atoms with Gasteiger partial charge in [-0.2, -0.15) is 4.98 Å². The molecule has 0 aromatic carbocycles. The van der Waals surface area contributed by atoms with Gasteiger partial charge in [-0.25, -0.2) is 0 Å². The van der Waals surface area contributed by atoms with Crippen LogP contribution in [0.4, 0.5) is 0 Å². The molecule has 1 fully saturated rings. The van der Waals surface area contributed by atoms with Gasteiger partial charge in [-0.15, -0.1) is 0 Å². The smallest absolute Gasteiger partial charge is 0.240 e. The molecule has 2 heterocycles. The van der Waals surface area contributed by atoms with Gasteiger partial charge in [0.05, 0.1) is 12.6 Å². The first kappa shape index (κ1) is 10.6. The van der Waals surface area contributed by atoms with Gasteiger partial charge in [0, 0.05) is 19.0 Å². The average molecular weight is 211 g/mol. The summed E-state index contributed by atoms with van der Waals surface area (Å²) in [4.78, 5) is 6.42. The highest BCUT2D eigenvalue weighted by atomic mass is 16.5. The molecule has 1 N–H and O–H groups in total. The molecule has 1 unspecified atom stereocenters. The molecule has 1 aliphatic rings. The number of aliphatic hydroxyl groups is 1. The molecule has 5 nitrogen and oxygen atoms in total. The van der Waals surface area contributed by atoms with Crippen LogP contribution in [0.25, 0.3) is 0 Å². The zero-order valence-corrected chi connectivity index (χ0v) is 9.18. The average Bonchev–Trinajstić information content (AvgIpc) is 2.76. The Morgan fingerprint density at radius 1 is 1.60 bits per heavy atom. The lowest BCUT2D eigenvalue weighted by Gasteiger charge is -2.10. The summed E-state index contributed by atoms with van der Waals surface area (Å²) in [5.74, 6) is 1.70. The molecular formula is C10H17N3O2. The third kappa shape index (κ3) is 2.54. The van der Waals surface area contributed by atoms with E-state index in [2.05, 4.69) is 15.0 Å². The molecule has 1 saturated heterocycles. The van der Waals surface area contributed by atoms with Crippen molar-refractivity contribution in [2.24, 2.45) is 0 Å². The van der Waals surface area contributed by atoms with Gasteiger partial charge in [-0.3, -0.25) is 4.90 Å². The van der Waals surface area contributed by atoms with Crippen LogP contribution in [0.1, 0.15) is 37.9 Å². The van der Waals surface area contributed by atoms with Crippen LogP contribution in [0.3, 0.4) is 0 Å². The van der Waals surface area contributed by atoms with E-state index in [0.717, 1.165) is 18.8 Å². The highest BCUT2D eigenvalue weighted by molar-refractivity contribution is 4.92. The third-order valence-corrected chi connectivity index (χ3v) is 2.61. The number of aliphatic hydroxyl groups excluding tert-OH is 1. The molecule has 0 bridgehead atoms. The second-order valence-electron chi connectivity index (χ2n) is 4.38. The Labute approximate surface area is 89.1 Å². The van der Waals surface area contributed by atoms with Gasteiger partial charge >= 0.3 is 0 Å². The molecule has 84 valence electrons. The van der Waals surface area contributed by atoms with Crippen molar-refractivity contribution in [3.05, 3.63) is 11.7 Å². The van der Waals surface area contributed by atoms with E-state index in [9.17, 15) is 5.11 Å². The van der Waals surface area contributed by atoms with Crippen LogP contribution >= 0.6 is 0 Å². The Morgan fingerprint density at radius 2 is 2.40 bits per heavy atom. The predicted octanol–water partition coefficient (Wildman–Crippen LogP) is 0.760. The standard InChI is InChI=1S/C10H17N3O2/c1-7(2)10-11-9(15-12-10)6-13-4-3-8(14)5-13/h7-8,14H,3-6H2,1-2H3. The van der Waals surface area contributed by atoms with Crippen LogP contribution in [0.2, 0.25) is 0 Å². The van der Waals surface area contributed by atoms with Gasteiger partial charge in [0.25, 0.3) is 0 Å². The normalized spacial score (nSPS) is 22.8. The van der Waals surface area contributed by atoms with Crippen LogP contribution in [0, 0.1) is 0 Å². The maximum atomic E-state index is 9.36. The highest BCUT2D eigenvalue weighted by Gasteiger charge is 2.22. The van der Waals surface area contributed by atoms with Crippen molar-refractivity contribution in [1.82, 2.24) is 15.0 Å². The Kier molecular flexibility index (Phi) is 3.02. The lowest BCUT2D eigenvalue weighted by molar-refractivity contribution is 0.169. The summed E-state index contributed by atoms with van der Waals surface area (Å²) in [5, 5.41) is 13.3. The number of aromatic nitrogens is 2. The zero-order valence-electron chi connectivity index (χ0n) is 9.18. The van der Waals surface area contributed by atoms with Crippen molar-refractivity contribution < 1.29 is 9.63 Å². The van der Waals surface area contributed by atoms with Gasteiger partial charge in [0.2, 0.25) is 5.89 Å². The van der Waals surface area contributed by atoms with Crippen LogP contribution in [-0.2, 0) is 6.54 Å². The summed E-state index contributed by atoms with van der Waals surface area (Å²) in [6.07, 6.45) is 0.642. The second kappa shape index (κ2) is 4.28. The maximum Gasteiger partial charge on any atom is 0.240 e. The van der Waals surface area contributed by atoms with Crippen molar-refractivity contribution in [3.63, 3.8) is 0 Å². The summed E-state index contributed by atoms with van der Waals surface area (Å²) in [7, 11) is 0. The summed E-state index contributed by atoms with van der Waals surface area (Å²) in [6.45, 7) is 6.33. The van der Waals surface area contributed by atoms with E-state index in [1.54, 1.807) is 0 Å². The molecule has 15 heavy (non-hydrogen) atoms. The van der Waals surface area contributed by atoms with Crippen LogP contribution < -0.4 is 0 Å². The fraction of sp³-hybridized carbons (Fsp3) is 0.800. The van der Waals surface area contributed by atoms with Crippen LogP contribution in [-0.4, -0.2) is 39.3 Å². The number of hydrogen-bond donors (Lipinski definition) is 1. The van der Waals surface area contributed by atoms with E-state index in [0.29, 0.717) is 24.9 Å². The van der Waals surface area contributed by atoms with Gasteiger partial charge in [-0.05, 0) is 6.42 Å². The number of likely N-dealkylation sites (tertiary alicyclic amines) is 1. The quantitative estimate of drug-likeness (QED) is 0.799. The van der Waals surface area contributed by atoms with E-state index >= 15 is 0 Å². The Bertz CT molecular complexity index is 324. The van der Waals surface area contributed by atoms with Gasteiger partial charge < -0.3 is 9.63 Å². The number of rotatable bonds is 3. The molecule has 2 rings (SSSR count). The van der Waals surface area contributed by atoms with Crippen molar-refractivity contribution in [1.29, 1.82) is 0 Å². The molecule has 5 heteroatoms. The zero-order chi connectivity index (χ0) is 10.8. The van der Waals surface area contributed by atoms with E-state index < -0.39 is 0 Å². The van der Waals surface area contributed by atoms with Gasteiger partial charge in [0.15, 0.2) is 5.82 Å². The number of β-amino-alcohol motifs (C(OH)–C–C–N with tert-alkyl or cyclic N) is 1. The minimum Gasteiger partial charge on any atom is -0.392 e. The molecular weight excluding hydrogens is 194 g/mol. The molecule has 1 aromatic heterocycles. The van der Waals surface area contributed by atoms with E-state index in [1.165, 1.54) is 0 Å². The SMILES string of the molecule is CC(C)c1noc(CN2CCC(O)C2)n1. The van der Waals surface area contributed by atoms with Crippen LogP contribution in [0.5, 0.6) is 0 Å². The minimum atomic E-state index is -0.197. The topological polar surface area (TPSA) is 62.4 Å². The van der Waals surface area contributed by atoms with Crippen molar-refractivity contribution >= 4 is 0 Å². The lowest BCUT2D eigenvalue weighted by atomic mass is 10.2. The minimum absolute atomic E-state index is 0.197. The van der Waals surface area contributed by atoms with Crippen molar-refractivity contribution in [2.45, 2.75) is 38.8 Å². The van der Waals surface area contributed by atoms with Crippen molar-refractivity contribution in [3.8, 4) is 0 Å². The molecule has 1 aliphatic heterocycles. The lowest BCUT2D eigenvalue weighted by Crippen LogP contribution is -2.21. The van der Waals surface area contributed by atoms with E-state index in [4.69, 9.17) is 4.52 Å². The fourth-order valence-corrected chi connectivity index (χ4v) is 1.71. The summed E-state index contributed by atoms with van der Waals surface area (Å²) in [5.41, 5.74) is 0. The van der Waals surface area contributed by atoms with E-state index in [-0.39, 0.29) is 6.10 Å². The second-order valence-corrected chi connectivity index (χ2v) is 4.38. The fourth-order valence-electron chi connectivity index (χ4n) is 1.71. The first-order valence-corrected chi connectivity index (χ1v) is 5.38. The van der Waals surface area contributed by atoms with Crippen LogP contribution in [0.15, 0.2) is 4.52 Å². The largest absolute Gasteiger partial charge is 0.392 e. The number of hydrogen-bond acceptors (Lipinski definition) is 5. The first-order valence-electron chi connectivity index (χ1n) is 5.38. The maximum absolute atomic E-state index is 9.36. The van der Waals surface area contributed by atoms with Gasteiger partial charge in [-0.1, -0.05) is 19.0 Å².